The molecule has 41 heavy (non-hydrogen) atoms. The number of likely N-dealkylation sites (N-methyl/N-ethyl adjacent to an activating group) is 1. The maximum absolute atomic E-state index is 13.7. The van der Waals surface area contributed by atoms with Gasteiger partial charge in [0.2, 0.25) is 11.8 Å². The lowest BCUT2D eigenvalue weighted by Gasteiger charge is -2.35. The number of hydrogen-bond donors (Lipinski definition) is 2. The summed E-state index contributed by atoms with van der Waals surface area (Å²) >= 11 is 1.46. The molecular weight excluding hydrogens is 570 g/mol. The van der Waals surface area contributed by atoms with E-state index in [0.29, 0.717) is 30.3 Å². The molecule has 0 aliphatic carbocycles. The van der Waals surface area contributed by atoms with Crippen molar-refractivity contribution in [2.45, 2.75) is 52.4 Å². The van der Waals surface area contributed by atoms with E-state index in [1.54, 1.807) is 43.0 Å². The number of urea groups is 1. The number of benzene rings is 1. The van der Waals surface area contributed by atoms with Crippen LogP contribution in [0.4, 0.5) is 4.79 Å². The molecule has 11 nitrogen and oxygen atoms in total. The fraction of sp³-hybridized carbons (Fsp3) is 0.607. The van der Waals surface area contributed by atoms with E-state index >= 15 is 0 Å². The normalized spacial score (nSPS) is 18.9. The van der Waals surface area contributed by atoms with Crippen molar-refractivity contribution in [3.63, 3.8) is 0 Å². The summed E-state index contributed by atoms with van der Waals surface area (Å²) in [5.74, 6) is -3.72. The van der Waals surface area contributed by atoms with Gasteiger partial charge in [0.1, 0.15) is 18.1 Å². The highest BCUT2D eigenvalue weighted by atomic mass is 35.5. The number of rotatable bonds is 10. The first-order valence-corrected chi connectivity index (χ1v) is 14.8. The molecule has 0 bridgehead atoms. The molecule has 0 aromatic heterocycles. The molecule has 2 aliphatic heterocycles. The Morgan fingerprint density at radius 2 is 1.63 bits per heavy atom. The minimum absolute atomic E-state index is 0. The summed E-state index contributed by atoms with van der Waals surface area (Å²) in [6.07, 6.45) is -1.19. The van der Waals surface area contributed by atoms with Crippen LogP contribution in [-0.4, -0.2) is 107 Å². The number of piperazine rings is 1. The van der Waals surface area contributed by atoms with E-state index in [1.165, 1.54) is 16.7 Å². The second-order valence-electron chi connectivity index (χ2n) is 10.9. The van der Waals surface area contributed by atoms with E-state index in [2.05, 4.69) is 15.5 Å². The second kappa shape index (κ2) is 16.0. The number of carbonyl (C=O) groups excluding carboxylic acids is 5. The van der Waals surface area contributed by atoms with Crippen molar-refractivity contribution < 1.29 is 28.7 Å². The van der Waals surface area contributed by atoms with Gasteiger partial charge >= 0.3 is 12.0 Å². The number of thioether (sulfide) groups is 1. The molecule has 13 heteroatoms. The van der Waals surface area contributed by atoms with Crippen LogP contribution < -0.4 is 10.6 Å². The highest BCUT2D eigenvalue weighted by molar-refractivity contribution is 7.99. The molecule has 3 atom stereocenters. The number of hydrogen-bond acceptors (Lipinski definition) is 8. The largest absolute Gasteiger partial charge is 0.457 e. The van der Waals surface area contributed by atoms with Crippen LogP contribution in [0.25, 0.3) is 0 Å². The van der Waals surface area contributed by atoms with Crippen molar-refractivity contribution in [2.24, 2.45) is 11.8 Å². The molecule has 228 valence electrons. The van der Waals surface area contributed by atoms with Crippen LogP contribution in [0.3, 0.4) is 0 Å². The van der Waals surface area contributed by atoms with Crippen molar-refractivity contribution >= 4 is 53.8 Å². The standard InChI is InChI=1S/C28H41N5O6S.ClH/c1-18(2)23(30-28(38)32-13-11-31(5)12-14-32)26(36)33-17-40-16-22(33)29-25(35)21(15-20-9-7-6-8-10-20)24(34)27(37)39-19(3)4;/h6-10,18-19,21-23H,11-17H2,1-5H3,(H,29,35)(H,30,38);1H/t21-,22+,23-;/m0./s1. The molecule has 0 unspecified atom stereocenters. The number of ether oxygens (including phenoxy) is 1. The van der Waals surface area contributed by atoms with Gasteiger partial charge in [0.15, 0.2) is 0 Å². The third-order valence-corrected chi connectivity index (χ3v) is 7.95. The van der Waals surface area contributed by atoms with Gasteiger partial charge in [-0.1, -0.05) is 44.2 Å². The lowest BCUT2D eigenvalue weighted by Crippen LogP contribution is -2.60. The van der Waals surface area contributed by atoms with Crippen molar-refractivity contribution in [3.05, 3.63) is 35.9 Å². The maximum Gasteiger partial charge on any atom is 0.375 e. The van der Waals surface area contributed by atoms with E-state index < -0.39 is 41.9 Å². The molecule has 2 N–H and O–H groups in total. The third kappa shape index (κ3) is 9.61. The van der Waals surface area contributed by atoms with E-state index in [9.17, 15) is 24.0 Å². The van der Waals surface area contributed by atoms with Crippen LogP contribution in [0.15, 0.2) is 30.3 Å². The quantitative estimate of drug-likeness (QED) is 0.233. The molecule has 1 aromatic carbocycles. The molecule has 2 fully saturated rings. The van der Waals surface area contributed by atoms with Crippen molar-refractivity contribution in [1.82, 2.24) is 25.3 Å². The predicted octanol–water partition coefficient (Wildman–Crippen LogP) is 1.74. The number of carbonyl (C=O) groups is 5. The van der Waals surface area contributed by atoms with Gasteiger partial charge < -0.3 is 30.1 Å². The van der Waals surface area contributed by atoms with E-state index in [0.717, 1.165) is 13.1 Å². The lowest BCUT2D eigenvalue weighted by atomic mass is 9.94. The van der Waals surface area contributed by atoms with Crippen LogP contribution in [0.2, 0.25) is 0 Å². The van der Waals surface area contributed by atoms with Gasteiger partial charge in [-0.2, -0.15) is 0 Å². The highest BCUT2D eigenvalue weighted by Gasteiger charge is 2.40. The molecule has 4 amide bonds. The maximum atomic E-state index is 13.7. The van der Waals surface area contributed by atoms with Crippen LogP contribution in [-0.2, 0) is 30.3 Å². The van der Waals surface area contributed by atoms with Gasteiger partial charge in [-0.3, -0.25) is 14.4 Å². The molecule has 0 spiro atoms. The van der Waals surface area contributed by atoms with E-state index in [4.69, 9.17) is 4.74 Å². The number of nitrogens with one attached hydrogen (secondary N) is 2. The van der Waals surface area contributed by atoms with Crippen LogP contribution >= 0.6 is 24.2 Å². The van der Waals surface area contributed by atoms with Gasteiger partial charge in [-0.25, -0.2) is 9.59 Å². The molecule has 3 rings (SSSR count). The Kier molecular flexibility index (Phi) is 13.4. The summed E-state index contributed by atoms with van der Waals surface area (Å²) < 4.78 is 5.08. The van der Waals surface area contributed by atoms with Crippen LogP contribution in [0.5, 0.6) is 0 Å². The molecule has 0 radical (unpaired) electrons. The monoisotopic (exact) mass is 611 g/mol. The minimum Gasteiger partial charge on any atom is -0.457 e. The van der Waals surface area contributed by atoms with Crippen molar-refractivity contribution in [1.29, 1.82) is 0 Å². The summed E-state index contributed by atoms with van der Waals surface area (Å²) in [6, 6.07) is 7.88. The molecule has 2 heterocycles. The number of amides is 4. The summed E-state index contributed by atoms with van der Waals surface area (Å²) in [5.41, 5.74) is 0.716. The fourth-order valence-corrected chi connectivity index (χ4v) is 5.63. The Morgan fingerprint density at radius 1 is 1.00 bits per heavy atom. The Labute approximate surface area is 252 Å². The zero-order chi connectivity index (χ0) is 29.4. The van der Waals surface area contributed by atoms with Gasteiger partial charge in [0.25, 0.3) is 5.78 Å². The summed E-state index contributed by atoms with van der Waals surface area (Å²) in [6.45, 7) is 9.66. The van der Waals surface area contributed by atoms with Crippen LogP contribution in [0.1, 0.15) is 33.3 Å². The molecular formula is C28H42ClN5O6S. The summed E-state index contributed by atoms with van der Waals surface area (Å²) in [5, 5.41) is 5.72. The topological polar surface area (TPSA) is 128 Å². The second-order valence-corrected chi connectivity index (χ2v) is 11.9. The number of halogens is 1. The first-order chi connectivity index (χ1) is 19.0. The summed E-state index contributed by atoms with van der Waals surface area (Å²) in [7, 11) is 2.00. The minimum atomic E-state index is -1.31. The molecule has 1 aromatic rings. The van der Waals surface area contributed by atoms with Crippen LogP contribution in [0, 0.1) is 11.8 Å². The SMILES string of the molecule is CC(C)OC(=O)C(=O)[C@H](Cc1ccccc1)C(=O)N[C@H]1CSCN1C(=O)[C@@H](NC(=O)N1CCN(C)CC1)C(C)C.Cl. The predicted molar refractivity (Wildman–Crippen MR) is 159 cm³/mol. The highest BCUT2D eigenvalue weighted by Crippen LogP contribution is 2.23. The van der Waals surface area contributed by atoms with Gasteiger partial charge in [-0.15, -0.1) is 24.2 Å². The Bertz CT molecular complexity index is 1070. The number of nitrogens with zero attached hydrogens (tertiary/aromatic N) is 3. The third-order valence-electron chi connectivity index (χ3n) is 6.94. The Hall–Kier alpha value is -2.83. The smallest absolute Gasteiger partial charge is 0.375 e. The fourth-order valence-electron chi connectivity index (χ4n) is 4.54. The van der Waals surface area contributed by atoms with Gasteiger partial charge in [0.05, 0.1) is 12.0 Å². The average Bonchev–Trinajstić information content (AvgIpc) is 3.37. The molecule has 2 saturated heterocycles. The lowest BCUT2D eigenvalue weighted by molar-refractivity contribution is -0.160. The first kappa shape index (κ1) is 34.4. The number of Topliss-reactive ketones (excluding diaryl/α,β-unsaturated/α-hetero) is 1. The first-order valence-electron chi connectivity index (χ1n) is 13.7. The van der Waals surface area contributed by atoms with E-state index in [-0.39, 0.29) is 36.7 Å². The zero-order valence-electron chi connectivity index (χ0n) is 24.3. The Balaban J connectivity index is 0.00000588. The number of ketones is 1. The summed E-state index contributed by atoms with van der Waals surface area (Å²) in [4.78, 5) is 70.9. The zero-order valence-corrected chi connectivity index (χ0v) is 26.0. The van der Waals surface area contributed by atoms with E-state index in [1.807, 2.05) is 27.0 Å². The Morgan fingerprint density at radius 3 is 2.22 bits per heavy atom. The molecule has 2 aliphatic rings. The average molecular weight is 612 g/mol. The van der Waals surface area contributed by atoms with Gasteiger partial charge in [0, 0.05) is 31.9 Å². The van der Waals surface area contributed by atoms with Crippen molar-refractivity contribution in [3.8, 4) is 0 Å². The number of esters is 1. The van der Waals surface area contributed by atoms with Gasteiger partial charge in [-0.05, 0) is 38.8 Å². The van der Waals surface area contributed by atoms with Crippen molar-refractivity contribution in [2.75, 3.05) is 44.9 Å². The molecule has 0 saturated carbocycles.